The molecule has 0 heterocycles. The fraction of sp³-hybridized carbons (Fsp3) is 0.100. The second-order valence-electron chi connectivity index (χ2n) is 6.08. The zero-order chi connectivity index (χ0) is 16.4. The molecule has 114 valence electrons. The van der Waals surface area contributed by atoms with Crippen LogP contribution in [0, 0.1) is 0 Å². The molecule has 0 aromatic heterocycles. The Morgan fingerprint density at radius 2 is 0.913 bits per heavy atom. The summed E-state index contributed by atoms with van der Waals surface area (Å²) in [4.78, 5) is 0. The van der Waals surface area contributed by atoms with Crippen LogP contribution in [0.2, 0.25) is 0 Å². The maximum Gasteiger partial charge on any atom is 0.139 e. The smallest absolute Gasteiger partial charge is 0.139 e. The summed E-state index contributed by atoms with van der Waals surface area (Å²) in [5.74, 6) is 0.511. The van der Waals surface area contributed by atoms with Gasteiger partial charge in [0.2, 0.25) is 0 Å². The van der Waals surface area contributed by atoms with Gasteiger partial charge in [0.1, 0.15) is 19.3 Å². The predicted molar refractivity (Wildman–Crippen MR) is 96.4 cm³/mol. The van der Waals surface area contributed by atoms with Crippen molar-refractivity contribution in [2.75, 3.05) is 0 Å². The van der Waals surface area contributed by atoms with Crippen LogP contribution in [-0.4, -0.2) is 18.1 Å². The van der Waals surface area contributed by atoms with E-state index in [9.17, 15) is 10.2 Å². The van der Waals surface area contributed by atoms with Gasteiger partial charge >= 0.3 is 0 Å². The van der Waals surface area contributed by atoms with Gasteiger partial charge in [-0.1, -0.05) is 54.0 Å². The van der Waals surface area contributed by atoms with E-state index in [-0.39, 0.29) is 16.9 Å². The molecular weight excluding hydrogens is 283 g/mol. The summed E-state index contributed by atoms with van der Waals surface area (Å²) in [5, 5.41) is 19.2. The standard InChI is InChI=1S/C20H19BO2/c1-20(14-2-8-17(21)9-3-14,15-4-10-18(22)11-5-15)16-6-12-19(23)13-7-16/h2-13,22-23H,21H2,1H3. The van der Waals surface area contributed by atoms with Gasteiger partial charge in [-0.2, -0.15) is 0 Å². The highest BCUT2D eigenvalue weighted by atomic mass is 16.3. The van der Waals surface area contributed by atoms with E-state index in [0.717, 1.165) is 11.1 Å². The summed E-state index contributed by atoms with van der Waals surface area (Å²) in [5.41, 5.74) is 4.19. The molecule has 0 fully saturated rings. The topological polar surface area (TPSA) is 40.5 Å². The summed E-state index contributed by atoms with van der Waals surface area (Å²) >= 11 is 0. The molecule has 0 aliphatic carbocycles. The molecule has 0 amide bonds. The van der Waals surface area contributed by atoms with E-state index in [1.807, 2.05) is 24.3 Å². The first-order valence-electron chi connectivity index (χ1n) is 7.66. The number of phenolic OH excluding ortho intramolecular Hbond substituents is 2. The third-order valence-electron chi connectivity index (χ3n) is 4.52. The lowest BCUT2D eigenvalue weighted by Crippen LogP contribution is -2.25. The zero-order valence-electron chi connectivity index (χ0n) is 13.3. The molecule has 0 unspecified atom stereocenters. The van der Waals surface area contributed by atoms with Crippen LogP contribution >= 0.6 is 0 Å². The largest absolute Gasteiger partial charge is 0.508 e. The van der Waals surface area contributed by atoms with Crippen LogP contribution in [0.15, 0.2) is 72.8 Å². The van der Waals surface area contributed by atoms with Crippen LogP contribution < -0.4 is 5.46 Å². The summed E-state index contributed by atoms with van der Waals surface area (Å²) in [6.07, 6.45) is 0. The maximum absolute atomic E-state index is 9.60. The number of rotatable bonds is 3. The Hall–Kier alpha value is -2.68. The predicted octanol–water partition coefficient (Wildman–Crippen LogP) is 2.71. The molecule has 0 saturated heterocycles. The van der Waals surface area contributed by atoms with Gasteiger partial charge in [0, 0.05) is 5.41 Å². The van der Waals surface area contributed by atoms with Gasteiger partial charge in [0.15, 0.2) is 0 Å². The minimum Gasteiger partial charge on any atom is -0.508 e. The third kappa shape index (κ3) is 2.82. The quantitative estimate of drug-likeness (QED) is 0.577. The lowest BCUT2D eigenvalue weighted by Gasteiger charge is -2.32. The van der Waals surface area contributed by atoms with Gasteiger partial charge < -0.3 is 10.2 Å². The van der Waals surface area contributed by atoms with Crippen molar-refractivity contribution >= 4 is 13.3 Å². The first-order chi connectivity index (χ1) is 11.0. The second-order valence-corrected chi connectivity index (χ2v) is 6.08. The average molecular weight is 302 g/mol. The van der Waals surface area contributed by atoms with Gasteiger partial charge in [-0.15, -0.1) is 0 Å². The molecule has 0 bridgehead atoms. The first-order valence-corrected chi connectivity index (χ1v) is 7.66. The molecule has 3 rings (SSSR count). The van der Waals surface area contributed by atoms with Crippen molar-refractivity contribution in [2.24, 2.45) is 0 Å². The van der Waals surface area contributed by atoms with E-state index in [2.05, 4.69) is 39.0 Å². The Balaban J connectivity index is 2.21. The Labute approximate surface area is 137 Å². The highest BCUT2D eigenvalue weighted by molar-refractivity contribution is 6.32. The van der Waals surface area contributed by atoms with Gasteiger partial charge in [-0.25, -0.2) is 0 Å². The van der Waals surface area contributed by atoms with Crippen LogP contribution in [0.5, 0.6) is 11.5 Å². The zero-order valence-corrected chi connectivity index (χ0v) is 13.3. The average Bonchev–Trinajstić information content (AvgIpc) is 2.56. The summed E-state index contributed by atoms with van der Waals surface area (Å²) in [7, 11) is 2.07. The molecule has 23 heavy (non-hydrogen) atoms. The van der Waals surface area contributed by atoms with Crippen LogP contribution in [0.1, 0.15) is 23.6 Å². The molecule has 0 spiro atoms. The molecule has 0 saturated carbocycles. The van der Waals surface area contributed by atoms with Crippen molar-refractivity contribution in [3.63, 3.8) is 0 Å². The SMILES string of the molecule is Bc1ccc(C(C)(c2ccc(O)cc2)c2ccc(O)cc2)cc1. The number of benzene rings is 3. The Bertz CT molecular complexity index is 680. The molecule has 2 nitrogen and oxygen atoms in total. The summed E-state index contributed by atoms with van der Waals surface area (Å²) < 4.78 is 0. The van der Waals surface area contributed by atoms with Crippen LogP contribution in [0.25, 0.3) is 0 Å². The molecule has 2 N–H and O–H groups in total. The van der Waals surface area contributed by atoms with E-state index in [0.29, 0.717) is 0 Å². The Morgan fingerprint density at radius 3 is 1.26 bits per heavy atom. The van der Waals surface area contributed by atoms with Crippen LogP contribution in [-0.2, 0) is 5.41 Å². The van der Waals surface area contributed by atoms with Crippen molar-refractivity contribution in [1.82, 2.24) is 0 Å². The lowest BCUT2D eigenvalue weighted by molar-refractivity contribution is 0.474. The highest BCUT2D eigenvalue weighted by Gasteiger charge is 2.31. The minimum absolute atomic E-state index is 0.255. The molecule has 0 aliphatic rings. The molecular formula is C20H19BO2. The molecule has 0 atom stereocenters. The van der Waals surface area contributed by atoms with Gasteiger partial charge in [0.05, 0.1) is 0 Å². The molecule has 3 heteroatoms. The van der Waals surface area contributed by atoms with E-state index < -0.39 is 0 Å². The Morgan fingerprint density at radius 1 is 0.609 bits per heavy atom. The van der Waals surface area contributed by atoms with E-state index in [4.69, 9.17) is 0 Å². The summed E-state index contributed by atoms with van der Waals surface area (Å²) in [6, 6.07) is 23.1. The van der Waals surface area contributed by atoms with Crippen molar-refractivity contribution in [3.8, 4) is 11.5 Å². The number of phenols is 2. The molecule has 0 radical (unpaired) electrons. The van der Waals surface area contributed by atoms with Crippen molar-refractivity contribution < 1.29 is 10.2 Å². The number of hydrogen-bond acceptors (Lipinski definition) is 2. The normalized spacial score (nSPS) is 11.3. The van der Waals surface area contributed by atoms with E-state index >= 15 is 0 Å². The lowest BCUT2D eigenvalue weighted by atomic mass is 9.70. The van der Waals surface area contributed by atoms with Gasteiger partial charge in [-0.3, -0.25) is 0 Å². The monoisotopic (exact) mass is 302 g/mol. The molecule has 0 aliphatic heterocycles. The maximum atomic E-state index is 9.60. The third-order valence-corrected chi connectivity index (χ3v) is 4.52. The van der Waals surface area contributed by atoms with Crippen molar-refractivity contribution in [2.45, 2.75) is 12.3 Å². The Kier molecular flexibility index (Phi) is 3.87. The van der Waals surface area contributed by atoms with E-state index in [1.165, 1.54) is 11.0 Å². The molecule has 3 aromatic rings. The highest BCUT2D eigenvalue weighted by Crippen LogP contribution is 2.39. The van der Waals surface area contributed by atoms with E-state index in [1.54, 1.807) is 24.3 Å². The van der Waals surface area contributed by atoms with Crippen molar-refractivity contribution in [1.29, 1.82) is 0 Å². The molecule has 3 aromatic carbocycles. The summed E-state index contributed by atoms with van der Waals surface area (Å²) in [6.45, 7) is 2.16. The second kappa shape index (κ2) is 5.84. The fourth-order valence-electron chi connectivity index (χ4n) is 2.98. The number of hydrogen-bond donors (Lipinski definition) is 2. The fourth-order valence-corrected chi connectivity index (χ4v) is 2.98. The first kappa shape index (κ1) is 15.2. The van der Waals surface area contributed by atoms with Gasteiger partial charge in [-0.05, 0) is 47.9 Å². The number of aromatic hydroxyl groups is 2. The van der Waals surface area contributed by atoms with Crippen molar-refractivity contribution in [3.05, 3.63) is 89.5 Å². The van der Waals surface area contributed by atoms with Crippen LogP contribution in [0.4, 0.5) is 0 Å². The van der Waals surface area contributed by atoms with Gasteiger partial charge in [0.25, 0.3) is 0 Å². The van der Waals surface area contributed by atoms with Crippen LogP contribution in [0.3, 0.4) is 0 Å². The minimum atomic E-state index is -0.366.